The summed E-state index contributed by atoms with van der Waals surface area (Å²) in [5, 5.41) is 4.03. The van der Waals surface area contributed by atoms with Gasteiger partial charge in [0.15, 0.2) is 0 Å². The lowest BCUT2D eigenvalue weighted by atomic mass is 10.1. The fourth-order valence-electron chi connectivity index (χ4n) is 3.76. The number of carbonyl (C=O) groups is 2. The minimum absolute atomic E-state index is 0.000451. The smallest absolute Gasteiger partial charge is 0.228 e. The summed E-state index contributed by atoms with van der Waals surface area (Å²) in [6.07, 6.45) is 0.185. The van der Waals surface area contributed by atoms with Crippen LogP contribution in [-0.2, 0) is 22.7 Å². The SMILES string of the molecule is COc1ccc(OC)c(N2CC(C(=O)N(Cc3cccs3)Cc3cccs3)CC2=O)c1. The first-order valence-electron chi connectivity index (χ1n) is 9.95. The van der Waals surface area contributed by atoms with Gasteiger partial charge in [0.2, 0.25) is 11.8 Å². The summed E-state index contributed by atoms with van der Waals surface area (Å²) in [5.74, 6) is 0.728. The molecule has 8 heteroatoms. The molecule has 3 aromatic rings. The first-order chi connectivity index (χ1) is 15.1. The van der Waals surface area contributed by atoms with Crippen molar-refractivity contribution in [3.8, 4) is 11.5 Å². The number of rotatable bonds is 8. The van der Waals surface area contributed by atoms with Gasteiger partial charge in [0.25, 0.3) is 0 Å². The summed E-state index contributed by atoms with van der Waals surface area (Å²) in [4.78, 5) is 32.1. The Balaban J connectivity index is 1.55. The largest absolute Gasteiger partial charge is 0.497 e. The molecule has 31 heavy (non-hydrogen) atoms. The number of anilines is 1. The summed E-state index contributed by atoms with van der Waals surface area (Å²) in [6.45, 7) is 1.41. The van der Waals surface area contributed by atoms with E-state index < -0.39 is 5.92 Å². The van der Waals surface area contributed by atoms with Crippen LogP contribution < -0.4 is 14.4 Å². The summed E-state index contributed by atoms with van der Waals surface area (Å²) in [6, 6.07) is 13.4. The van der Waals surface area contributed by atoms with Gasteiger partial charge in [0.05, 0.1) is 38.9 Å². The molecule has 1 saturated heterocycles. The molecule has 0 radical (unpaired) electrons. The molecule has 1 aliphatic rings. The Kier molecular flexibility index (Phi) is 6.58. The zero-order valence-electron chi connectivity index (χ0n) is 17.4. The third kappa shape index (κ3) is 4.75. The molecule has 1 atom stereocenters. The van der Waals surface area contributed by atoms with E-state index in [4.69, 9.17) is 9.47 Å². The van der Waals surface area contributed by atoms with Crippen molar-refractivity contribution in [2.75, 3.05) is 25.7 Å². The van der Waals surface area contributed by atoms with E-state index in [1.165, 1.54) is 0 Å². The van der Waals surface area contributed by atoms with Gasteiger partial charge >= 0.3 is 0 Å². The van der Waals surface area contributed by atoms with Gasteiger partial charge in [0.1, 0.15) is 11.5 Å². The number of thiophene rings is 2. The molecule has 3 heterocycles. The third-order valence-corrected chi connectivity index (χ3v) is 7.04. The Labute approximate surface area is 189 Å². The summed E-state index contributed by atoms with van der Waals surface area (Å²) in [5.41, 5.74) is 0.630. The molecule has 1 aromatic carbocycles. The van der Waals surface area contributed by atoms with Gasteiger partial charge in [-0.15, -0.1) is 22.7 Å². The maximum atomic E-state index is 13.5. The lowest BCUT2D eigenvalue weighted by molar-refractivity contribution is -0.137. The average Bonchev–Trinajstić information content (AvgIpc) is 3.55. The second-order valence-electron chi connectivity index (χ2n) is 7.30. The molecule has 0 bridgehead atoms. The molecule has 0 N–H and O–H groups in total. The fraction of sp³-hybridized carbons (Fsp3) is 0.304. The van der Waals surface area contributed by atoms with E-state index in [0.717, 1.165) is 9.75 Å². The molecule has 0 saturated carbocycles. The van der Waals surface area contributed by atoms with E-state index in [1.807, 2.05) is 39.9 Å². The predicted molar refractivity (Wildman–Crippen MR) is 123 cm³/mol. The summed E-state index contributed by atoms with van der Waals surface area (Å²) in [7, 11) is 3.15. The van der Waals surface area contributed by atoms with Crippen molar-refractivity contribution in [3.05, 3.63) is 63.0 Å². The molecule has 2 amide bonds. The summed E-state index contributed by atoms with van der Waals surface area (Å²) >= 11 is 3.27. The van der Waals surface area contributed by atoms with Gasteiger partial charge in [-0.2, -0.15) is 0 Å². The standard InChI is InChI=1S/C23H24N2O4S2/c1-28-17-7-8-21(29-2)20(12-17)25-13-16(11-22(25)26)23(27)24(14-18-5-3-9-30-18)15-19-6-4-10-31-19/h3-10,12,16H,11,13-15H2,1-2H3. The highest BCUT2D eigenvalue weighted by Gasteiger charge is 2.38. The predicted octanol–water partition coefficient (Wildman–Crippen LogP) is 4.41. The Bertz CT molecular complexity index is 998. The minimum atomic E-state index is -0.400. The van der Waals surface area contributed by atoms with Crippen LogP contribution in [0.5, 0.6) is 11.5 Å². The normalized spacial score (nSPS) is 15.9. The maximum absolute atomic E-state index is 13.5. The van der Waals surface area contributed by atoms with Gasteiger partial charge in [-0.3, -0.25) is 9.59 Å². The number of amides is 2. The Hall–Kier alpha value is -2.84. The third-order valence-electron chi connectivity index (χ3n) is 5.32. The van der Waals surface area contributed by atoms with Crippen LogP contribution in [0.2, 0.25) is 0 Å². The van der Waals surface area contributed by atoms with Gasteiger partial charge in [0, 0.05) is 28.8 Å². The monoisotopic (exact) mass is 456 g/mol. The van der Waals surface area contributed by atoms with E-state index in [9.17, 15) is 9.59 Å². The Morgan fingerprint density at radius 1 is 1.06 bits per heavy atom. The van der Waals surface area contributed by atoms with Crippen LogP contribution in [-0.4, -0.2) is 37.5 Å². The molecule has 2 aromatic heterocycles. The highest BCUT2D eigenvalue weighted by molar-refractivity contribution is 7.10. The van der Waals surface area contributed by atoms with Gasteiger partial charge < -0.3 is 19.3 Å². The number of methoxy groups -OCH3 is 2. The van der Waals surface area contributed by atoms with E-state index in [-0.39, 0.29) is 18.2 Å². The van der Waals surface area contributed by atoms with Gasteiger partial charge in [-0.1, -0.05) is 12.1 Å². The molecule has 0 spiro atoms. The number of carbonyl (C=O) groups excluding carboxylic acids is 2. The average molecular weight is 457 g/mol. The Morgan fingerprint density at radius 2 is 1.74 bits per heavy atom. The minimum Gasteiger partial charge on any atom is -0.497 e. The first-order valence-corrected chi connectivity index (χ1v) is 11.7. The molecule has 162 valence electrons. The topological polar surface area (TPSA) is 59.1 Å². The number of nitrogens with zero attached hydrogens (tertiary/aromatic N) is 2. The van der Waals surface area contributed by atoms with Crippen molar-refractivity contribution in [3.63, 3.8) is 0 Å². The van der Waals surface area contributed by atoms with Crippen LogP contribution in [0.4, 0.5) is 5.69 Å². The molecule has 1 unspecified atom stereocenters. The molecule has 6 nitrogen and oxygen atoms in total. The second kappa shape index (κ2) is 9.53. The van der Waals surface area contributed by atoms with Crippen molar-refractivity contribution in [1.29, 1.82) is 0 Å². The molecular weight excluding hydrogens is 432 g/mol. The number of ether oxygens (including phenoxy) is 2. The van der Waals surface area contributed by atoms with Crippen molar-refractivity contribution >= 4 is 40.2 Å². The lowest BCUT2D eigenvalue weighted by Crippen LogP contribution is -2.36. The quantitative estimate of drug-likeness (QED) is 0.504. The number of hydrogen-bond donors (Lipinski definition) is 0. The molecule has 1 fully saturated rings. The van der Waals surface area contributed by atoms with Gasteiger partial charge in [-0.25, -0.2) is 0 Å². The van der Waals surface area contributed by atoms with Crippen LogP contribution in [0, 0.1) is 5.92 Å². The van der Waals surface area contributed by atoms with Crippen molar-refractivity contribution in [2.24, 2.45) is 5.92 Å². The second-order valence-corrected chi connectivity index (χ2v) is 9.36. The van der Waals surface area contributed by atoms with Gasteiger partial charge in [-0.05, 0) is 35.0 Å². The fourth-order valence-corrected chi connectivity index (χ4v) is 5.20. The maximum Gasteiger partial charge on any atom is 0.228 e. The lowest BCUT2D eigenvalue weighted by Gasteiger charge is -2.25. The number of benzene rings is 1. The van der Waals surface area contributed by atoms with Crippen LogP contribution in [0.15, 0.2) is 53.2 Å². The zero-order valence-corrected chi connectivity index (χ0v) is 19.1. The van der Waals surface area contributed by atoms with E-state index in [2.05, 4.69) is 0 Å². The van der Waals surface area contributed by atoms with Crippen LogP contribution in [0.1, 0.15) is 16.2 Å². The van der Waals surface area contributed by atoms with Crippen LogP contribution in [0.3, 0.4) is 0 Å². The molecular formula is C23H24N2O4S2. The van der Waals surface area contributed by atoms with E-state index in [0.29, 0.717) is 36.8 Å². The molecule has 4 rings (SSSR count). The Morgan fingerprint density at radius 3 is 2.29 bits per heavy atom. The van der Waals surface area contributed by atoms with Crippen molar-refractivity contribution in [2.45, 2.75) is 19.5 Å². The molecule has 1 aliphatic heterocycles. The van der Waals surface area contributed by atoms with Crippen LogP contribution in [0.25, 0.3) is 0 Å². The number of hydrogen-bond acceptors (Lipinski definition) is 6. The van der Waals surface area contributed by atoms with Crippen molar-refractivity contribution in [1.82, 2.24) is 4.90 Å². The first kappa shape index (κ1) is 21.4. The van der Waals surface area contributed by atoms with E-state index in [1.54, 1.807) is 60.0 Å². The van der Waals surface area contributed by atoms with Crippen LogP contribution >= 0.6 is 22.7 Å². The highest BCUT2D eigenvalue weighted by atomic mass is 32.1. The highest BCUT2D eigenvalue weighted by Crippen LogP contribution is 2.36. The molecule has 0 aliphatic carbocycles. The van der Waals surface area contributed by atoms with E-state index >= 15 is 0 Å². The summed E-state index contributed by atoms with van der Waals surface area (Å²) < 4.78 is 10.8. The zero-order chi connectivity index (χ0) is 21.8. The van der Waals surface area contributed by atoms with Crippen molar-refractivity contribution < 1.29 is 19.1 Å².